The highest BCUT2D eigenvalue weighted by atomic mass is 19.4. The predicted molar refractivity (Wildman–Crippen MR) is 109 cm³/mol. The Bertz CT molecular complexity index is 1020. The number of benzene rings is 3. The van der Waals surface area contributed by atoms with Crippen LogP contribution in [-0.2, 0) is 11.0 Å². The molecular formula is C22H18F3N3O2. The van der Waals surface area contributed by atoms with Gasteiger partial charge in [-0.15, -0.1) is 0 Å². The third-order valence-corrected chi connectivity index (χ3v) is 3.88. The Balaban J connectivity index is 1.51. The largest absolute Gasteiger partial charge is 0.457 e. The molecule has 0 fully saturated rings. The zero-order chi connectivity index (χ0) is 21.4. The van der Waals surface area contributed by atoms with Gasteiger partial charge in [0.25, 0.3) is 5.91 Å². The number of hydrogen-bond acceptors (Lipinski definition) is 4. The third-order valence-electron chi connectivity index (χ3n) is 3.88. The molecule has 0 aliphatic heterocycles. The summed E-state index contributed by atoms with van der Waals surface area (Å²) in [5.74, 6) is 0.809. The van der Waals surface area contributed by atoms with Gasteiger partial charge in [0.2, 0.25) is 0 Å². The summed E-state index contributed by atoms with van der Waals surface area (Å²) >= 11 is 0. The lowest BCUT2D eigenvalue weighted by Gasteiger charge is -2.10. The fraction of sp³-hybridized carbons (Fsp3) is 0.0909. The van der Waals surface area contributed by atoms with Crippen LogP contribution in [0.4, 0.5) is 18.9 Å². The van der Waals surface area contributed by atoms with E-state index in [1.807, 2.05) is 30.3 Å². The third kappa shape index (κ3) is 6.37. The molecule has 30 heavy (non-hydrogen) atoms. The van der Waals surface area contributed by atoms with Crippen LogP contribution in [0.25, 0.3) is 0 Å². The van der Waals surface area contributed by atoms with E-state index < -0.39 is 17.6 Å². The van der Waals surface area contributed by atoms with Crippen molar-refractivity contribution < 1.29 is 22.7 Å². The van der Waals surface area contributed by atoms with E-state index in [4.69, 9.17) is 4.74 Å². The SMILES string of the molecule is O=C(CNc1cccc(C(F)(F)F)c1)NN=Cc1cccc(Oc2ccccc2)c1. The van der Waals surface area contributed by atoms with Crippen LogP contribution in [-0.4, -0.2) is 18.7 Å². The maximum Gasteiger partial charge on any atom is 0.416 e. The van der Waals surface area contributed by atoms with Crippen LogP contribution < -0.4 is 15.5 Å². The van der Waals surface area contributed by atoms with Gasteiger partial charge in [0.15, 0.2) is 0 Å². The molecule has 0 atom stereocenters. The number of amides is 1. The molecule has 3 rings (SSSR count). The van der Waals surface area contributed by atoms with E-state index in [1.165, 1.54) is 18.3 Å². The van der Waals surface area contributed by atoms with Gasteiger partial charge in [-0.05, 0) is 48.0 Å². The molecule has 154 valence electrons. The number of nitrogens with one attached hydrogen (secondary N) is 2. The maximum absolute atomic E-state index is 12.7. The molecule has 0 aliphatic carbocycles. The number of anilines is 1. The Labute approximate surface area is 171 Å². The molecule has 0 heterocycles. The smallest absolute Gasteiger partial charge is 0.416 e. The molecule has 0 unspecified atom stereocenters. The van der Waals surface area contributed by atoms with Crippen molar-refractivity contribution in [3.05, 3.63) is 90.0 Å². The van der Waals surface area contributed by atoms with Crippen LogP contribution in [0, 0.1) is 0 Å². The second-order valence-electron chi connectivity index (χ2n) is 6.21. The molecule has 0 aliphatic rings. The van der Waals surface area contributed by atoms with Gasteiger partial charge in [0.05, 0.1) is 18.3 Å². The highest BCUT2D eigenvalue weighted by Crippen LogP contribution is 2.30. The van der Waals surface area contributed by atoms with Crippen molar-refractivity contribution in [2.24, 2.45) is 5.10 Å². The minimum absolute atomic E-state index is 0.190. The summed E-state index contributed by atoms with van der Waals surface area (Å²) in [7, 11) is 0. The first-order valence-electron chi connectivity index (χ1n) is 8.96. The Morgan fingerprint density at radius 2 is 1.67 bits per heavy atom. The van der Waals surface area contributed by atoms with Gasteiger partial charge in [0, 0.05) is 5.69 Å². The van der Waals surface area contributed by atoms with Gasteiger partial charge >= 0.3 is 6.18 Å². The number of ether oxygens (including phenoxy) is 1. The number of rotatable bonds is 7. The van der Waals surface area contributed by atoms with Crippen molar-refractivity contribution in [3.8, 4) is 11.5 Å². The van der Waals surface area contributed by atoms with E-state index in [-0.39, 0.29) is 12.2 Å². The first kappa shape index (κ1) is 20.9. The van der Waals surface area contributed by atoms with Gasteiger partial charge in [-0.2, -0.15) is 18.3 Å². The van der Waals surface area contributed by atoms with Crippen LogP contribution in [0.15, 0.2) is 84.0 Å². The molecule has 3 aromatic carbocycles. The Morgan fingerprint density at radius 1 is 0.933 bits per heavy atom. The van der Waals surface area contributed by atoms with Gasteiger partial charge in [-0.3, -0.25) is 4.79 Å². The number of carbonyl (C=O) groups is 1. The summed E-state index contributed by atoms with van der Waals surface area (Å²) < 4.78 is 43.9. The quantitative estimate of drug-likeness (QED) is 0.420. The van der Waals surface area contributed by atoms with E-state index in [1.54, 1.807) is 24.3 Å². The number of carbonyl (C=O) groups excluding carboxylic acids is 1. The van der Waals surface area contributed by atoms with Crippen LogP contribution in [0.5, 0.6) is 11.5 Å². The predicted octanol–water partition coefficient (Wildman–Crippen LogP) is 5.06. The second-order valence-corrected chi connectivity index (χ2v) is 6.21. The zero-order valence-corrected chi connectivity index (χ0v) is 15.7. The molecule has 5 nitrogen and oxygen atoms in total. The van der Waals surface area contributed by atoms with Gasteiger partial charge in [-0.25, -0.2) is 5.43 Å². The molecule has 0 aromatic heterocycles. The fourth-order valence-electron chi connectivity index (χ4n) is 2.49. The fourth-order valence-corrected chi connectivity index (χ4v) is 2.49. The van der Waals surface area contributed by atoms with Crippen molar-refractivity contribution in [3.63, 3.8) is 0 Å². The summed E-state index contributed by atoms with van der Waals surface area (Å²) in [6.07, 6.45) is -3.00. The number of alkyl halides is 3. The molecule has 0 saturated carbocycles. The average Bonchev–Trinajstić information content (AvgIpc) is 2.73. The normalized spacial score (nSPS) is 11.3. The van der Waals surface area contributed by atoms with E-state index in [2.05, 4.69) is 15.8 Å². The second kappa shape index (κ2) is 9.60. The van der Waals surface area contributed by atoms with E-state index >= 15 is 0 Å². The van der Waals surface area contributed by atoms with Crippen molar-refractivity contribution in [1.82, 2.24) is 5.43 Å². The standard InChI is InChI=1S/C22H18F3N3O2/c23-22(24,25)17-7-5-8-18(13-17)26-15-21(29)28-27-14-16-6-4-11-20(12-16)30-19-9-2-1-3-10-19/h1-14,26H,15H2,(H,28,29). The van der Waals surface area contributed by atoms with Gasteiger partial charge in [-0.1, -0.05) is 36.4 Å². The molecule has 8 heteroatoms. The lowest BCUT2D eigenvalue weighted by atomic mass is 10.2. The topological polar surface area (TPSA) is 62.7 Å². The molecule has 0 saturated heterocycles. The van der Waals surface area contributed by atoms with E-state index in [9.17, 15) is 18.0 Å². The zero-order valence-electron chi connectivity index (χ0n) is 15.7. The molecule has 1 amide bonds. The van der Waals surface area contributed by atoms with E-state index in [0.717, 1.165) is 12.1 Å². The molecule has 0 radical (unpaired) electrons. The number of hydrogen-bond donors (Lipinski definition) is 2. The Hall–Kier alpha value is -3.81. The molecule has 3 aromatic rings. The molecule has 0 spiro atoms. The first-order valence-corrected chi connectivity index (χ1v) is 8.96. The highest BCUT2D eigenvalue weighted by molar-refractivity contribution is 5.84. The van der Waals surface area contributed by atoms with Gasteiger partial charge in [0.1, 0.15) is 11.5 Å². The first-order chi connectivity index (χ1) is 14.4. The number of hydrazone groups is 1. The van der Waals surface area contributed by atoms with Crippen molar-refractivity contribution >= 4 is 17.8 Å². The number of nitrogens with zero attached hydrogens (tertiary/aromatic N) is 1. The lowest BCUT2D eigenvalue weighted by Crippen LogP contribution is -2.26. The summed E-state index contributed by atoms with van der Waals surface area (Å²) in [6, 6.07) is 21.0. The average molecular weight is 413 g/mol. The summed E-state index contributed by atoms with van der Waals surface area (Å²) in [6.45, 7) is -0.226. The monoisotopic (exact) mass is 413 g/mol. The van der Waals surface area contributed by atoms with Crippen molar-refractivity contribution in [2.75, 3.05) is 11.9 Å². The van der Waals surface area contributed by atoms with Crippen LogP contribution >= 0.6 is 0 Å². The van der Waals surface area contributed by atoms with Crippen molar-refractivity contribution in [1.29, 1.82) is 0 Å². The molecule has 2 N–H and O–H groups in total. The maximum atomic E-state index is 12.7. The molecular weight excluding hydrogens is 395 g/mol. The number of halogens is 3. The Kier molecular flexibility index (Phi) is 6.69. The lowest BCUT2D eigenvalue weighted by molar-refractivity contribution is -0.137. The Morgan fingerprint density at radius 3 is 2.43 bits per heavy atom. The van der Waals surface area contributed by atoms with Gasteiger partial charge < -0.3 is 10.1 Å². The minimum Gasteiger partial charge on any atom is -0.457 e. The highest BCUT2D eigenvalue weighted by Gasteiger charge is 2.30. The van der Waals surface area contributed by atoms with E-state index in [0.29, 0.717) is 17.1 Å². The van der Waals surface area contributed by atoms with Crippen molar-refractivity contribution in [2.45, 2.75) is 6.18 Å². The van der Waals surface area contributed by atoms with Crippen LogP contribution in [0.2, 0.25) is 0 Å². The summed E-state index contributed by atoms with van der Waals surface area (Å²) in [5.41, 5.74) is 2.42. The summed E-state index contributed by atoms with van der Waals surface area (Å²) in [4.78, 5) is 11.9. The van der Waals surface area contributed by atoms with Crippen LogP contribution in [0.1, 0.15) is 11.1 Å². The van der Waals surface area contributed by atoms with Crippen LogP contribution in [0.3, 0.4) is 0 Å². The molecule has 0 bridgehead atoms. The summed E-state index contributed by atoms with van der Waals surface area (Å²) in [5, 5.41) is 6.49. The number of para-hydroxylation sites is 1. The minimum atomic E-state index is -4.44.